The third kappa shape index (κ3) is 6.69. The van der Waals surface area contributed by atoms with Crippen LogP contribution in [0.25, 0.3) is 0 Å². The summed E-state index contributed by atoms with van der Waals surface area (Å²) in [5.74, 6) is -0.253. The molecule has 2 aliphatic heterocycles. The van der Waals surface area contributed by atoms with Gasteiger partial charge in [-0.2, -0.15) is 0 Å². The molecule has 2 aliphatic rings. The Bertz CT molecular complexity index is 1050. The van der Waals surface area contributed by atoms with E-state index >= 15 is 0 Å². The van der Waals surface area contributed by atoms with E-state index in [1.54, 1.807) is 26.2 Å². The number of hydrogen-bond acceptors (Lipinski definition) is 7. The van der Waals surface area contributed by atoms with Crippen LogP contribution >= 0.6 is 0 Å². The van der Waals surface area contributed by atoms with Crippen molar-refractivity contribution >= 4 is 17.6 Å². The molecule has 0 radical (unpaired) electrons. The summed E-state index contributed by atoms with van der Waals surface area (Å²) in [5, 5.41) is 8.87. The number of methoxy groups -OCH3 is 1. The van der Waals surface area contributed by atoms with Gasteiger partial charge < -0.3 is 30.2 Å². The zero-order chi connectivity index (χ0) is 25.5. The van der Waals surface area contributed by atoms with Crippen LogP contribution in [0.2, 0.25) is 0 Å². The Kier molecular flexibility index (Phi) is 8.35. The van der Waals surface area contributed by atoms with Crippen LogP contribution in [0.1, 0.15) is 18.1 Å². The molecule has 0 aliphatic carbocycles. The lowest BCUT2D eigenvalue weighted by Crippen LogP contribution is -2.58. The van der Waals surface area contributed by atoms with E-state index in [2.05, 4.69) is 16.0 Å². The molecule has 0 unspecified atom stereocenters. The number of morpholine rings is 1. The lowest BCUT2D eigenvalue weighted by atomic mass is 9.94. The summed E-state index contributed by atoms with van der Waals surface area (Å²) in [5.41, 5.74) is 0.859. The molecule has 2 aromatic rings. The molecule has 36 heavy (non-hydrogen) atoms. The summed E-state index contributed by atoms with van der Waals surface area (Å²) >= 11 is 0. The highest BCUT2D eigenvalue weighted by Crippen LogP contribution is 2.29. The minimum atomic E-state index is -0.898. The van der Waals surface area contributed by atoms with Gasteiger partial charge in [0.2, 0.25) is 11.8 Å². The maximum Gasteiger partial charge on any atom is 0.243 e. The Hall–Kier alpha value is -3.27. The predicted molar refractivity (Wildman–Crippen MR) is 133 cm³/mol. The minimum Gasteiger partial charge on any atom is -0.497 e. The Morgan fingerprint density at radius 1 is 1.03 bits per heavy atom. The van der Waals surface area contributed by atoms with E-state index in [0.717, 1.165) is 11.1 Å². The van der Waals surface area contributed by atoms with E-state index in [9.17, 15) is 14.4 Å². The number of amides is 2. The van der Waals surface area contributed by atoms with Gasteiger partial charge in [-0.15, -0.1) is 0 Å². The summed E-state index contributed by atoms with van der Waals surface area (Å²) in [6, 6.07) is 14.6. The molecular formula is C27H33N3O6. The number of ether oxygens (including phenoxy) is 3. The molecule has 0 aromatic heterocycles. The number of carbonyl (C=O) groups is 3. The highest BCUT2D eigenvalue weighted by Gasteiger charge is 2.50. The highest BCUT2D eigenvalue weighted by molar-refractivity contribution is 5.98. The van der Waals surface area contributed by atoms with Crippen LogP contribution in [0.15, 0.2) is 54.6 Å². The molecule has 192 valence electrons. The predicted octanol–water partition coefficient (Wildman–Crippen LogP) is 0.796. The number of nitrogens with one attached hydrogen (secondary N) is 3. The molecule has 9 heteroatoms. The average Bonchev–Trinajstić information content (AvgIpc) is 3.67. The van der Waals surface area contributed by atoms with Crippen molar-refractivity contribution in [3.8, 4) is 5.75 Å². The topological polar surface area (TPSA) is 118 Å². The molecule has 2 amide bonds. The van der Waals surface area contributed by atoms with Gasteiger partial charge in [0.25, 0.3) is 0 Å². The number of rotatable bonds is 11. The Labute approximate surface area is 210 Å². The molecule has 0 bridgehead atoms. The average molecular weight is 496 g/mol. The molecule has 9 nitrogen and oxygen atoms in total. The van der Waals surface area contributed by atoms with Gasteiger partial charge in [-0.25, -0.2) is 0 Å². The summed E-state index contributed by atoms with van der Waals surface area (Å²) in [6.45, 7) is 3.37. The van der Waals surface area contributed by atoms with Crippen LogP contribution in [0, 0.1) is 0 Å². The Morgan fingerprint density at radius 2 is 1.69 bits per heavy atom. The van der Waals surface area contributed by atoms with Gasteiger partial charge in [0, 0.05) is 13.0 Å². The van der Waals surface area contributed by atoms with E-state index in [1.807, 2.05) is 42.5 Å². The fourth-order valence-corrected chi connectivity index (χ4v) is 4.16. The van der Waals surface area contributed by atoms with Gasteiger partial charge in [0.05, 0.1) is 33.0 Å². The normalized spacial score (nSPS) is 22.7. The number of hydrogen-bond donors (Lipinski definition) is 3. The second kappa shape index (κ2) is 11.6. The smallest absolute Gasteiger partial charge is 0.243 e. The van der Waals surface area contributed by atoms with Gasteiger partial charge in [-0.3, -0.25) is 14.4 Å². The van der Waals surface area contributed by atoms with Crippen molar-refractivity contribution in [1.29, 1.82) is 0 Å². The third-order valence-electron chi connectivity index (χ3n) is 6.48. The fraction of sp³-hybridized carbons (Fsp3) is 0.444. The first-order valence-corrected chi connectivity index (χ1v) is 12.1. The Morgan fingerprint density at radius 3 is 2.31 bits per heavy atom. The standard InChI is InChI=1S/C27H33N3O6/c1-27(17-36-27)24(31)21(14-18-6-4-3-5-7-18)29-25(32)22(15-19-8-10-20(34-2)11-9-19)30-26(33)23-16-35-13-12-28-23/h3-11,21-23,28H,12-17H2,1-2H3,(H,29,32)(H,30,33)/t21-,22-,23+,27+/m0/s1. The molecule has 2 aromatic carbocycles. The van der Waals surface area contributed by atoms with Gasteiger partial charge in [0.1, 0.15) is 23.4 Å². The number of carbonyl (C=O) groups excluding carboxylic acids is 3. The lowest BCUT2D eigenvalue weighted by molar-refractivity contribution is -0.134. The molecule has 0 saturated carbocycles. The maximum absolute atomic E-state index is 13.5. The van der Waals surface area contributed by atoms with Crippen LogP contribution in [0.5, 0.6) is 5.75 Å². The number of ketones is 1. The summed E-state index contributed by atoms with van der Waals surface area (Å²) in [7, 11) is 1.58. The summed E-state index contributed by atoms with van der Waals surface area (Å²) in [6.07, 6.45) is 0.570. The van der Waals surface area contributed by atoms with Crippen molar-refractivity contribution in [2.45, 2.75) is 43.5 Å². The monoisotopic (exact) mass is 495 g/mol. The van der Waals surface area contributed by atoms with Crippen molar-refractivity contribution in [2.75, 3.05) is 33.5 Å². The first-order chi connectivity index (χ1) is 17.4. The molecule has 4 atom stereocenters. The first-order valence-electron chi connectivity index (χ1n) is 12.1. The van der Waals surface area contributed by atoms with Gasteiger partial charge in [0.15, 0.2) is 5.78 Å². The van der Waals surface area contributed by atoms with Crippen LogP contribution in [-0.2, 0) is 36.7 Å². The molecule has 3 N–H and O–H groups in total. The number of epoxide rings is 1. The van der Waals surface area contributed by atoms with Crippen molar-refractivity contribution in [1.82, 2.24) is 16.0 Å². The summed E-state index contributed by atoms with van der Waals surface area (Å²) in [4.78, 5) is 39.7. The zero-order valence-corrected chi connectivity index (χ0v) is 20.6. The Balaban J connectivity index is 1.52. The minimum absolute atomic E-state index is 0.184. The van der Waals surface area contributed by atoms with E-state index < -0.39 is 29.6 Å². The van der Waals surface area contributed by atoms with Crippen LogP contribution in [-0.4, -0.2) is 74.8 Å². The maximum atomic E-state index is 13.5. The molecule has 0 spiro atoms. The quantitative estimate of drug-likeness (QED) is 0.395. The van der Waals surface area contributed by atoms with E-state index in [0.29, 0.717) is 31.9 Å². The molecule has 2 heterocycles. The van der Waals surface area contributed by atoms with Crippen molar-refractivity contribution < 1.29 is 28.6 Å². The largest absolute Gasteiger partial charge is 0.497 e. The second-order valence-electron chi connectivity index (χ2n) is 9.33. The van der Waals surface area contributed by atoms with Gasteiger partial charge in [-0.05, 0) is 36.6 Å². The van der Waals surface area contributed by atoms with E-state index in [-0.39, 0.29) is 24.7 Å². The molecule has 4 rings (SSSR count). The summed E-state index contributed by atoms with van der Waals surface area (Å²) < 4.78 is 16.0. The van der Waals surface area contributed by atoms with Gasteiger partial charge in [-0.1, -0.05) is 42.5 Å². The van der Waals surface area contributed by atoms with Crippen LogP contribution in [0.4, 0.5) is 0 Å². The number of Topliss-reactive ketones (excluding diaryl/α,β-unsaturated/α-hetero) is 1. The third-order valence-corrected chi connectivity index (χ3v) is 6.48. The highest BCUT2D eigenvalue weighted by atomic mass is 16.6. The fourth-order valence-electron chi connectivity index (χ4n) is 4.16. The van der Waals surface area contributed by atoms with Gasteiger partial charge >= 0.3 is 0 Å². The molecular weight excluding hydrogens is 462 g/mol. The second-order valence-corrected chi connectivity index (χ2v) is 9.33. The first kappa shape index (κ1) is 25.8. The number of benzene rings is 2. The van der Waals surface area contributed by atoms with E-state index in [1.165, 1.54) is 0 Å². The van der Waals surface area contributed by atoms with Crippen LogP contribution < -0.4 is 20.7 Å². The zero-order valence-electron chi connectivity index (χ0n) is 20.6. The molecule has 2 saturated heterocycles. The van der Waals surface area contributed by atoms with Crippen molar-refractivity contribution in [3.05, 3.63) is 65.7 Å². The molecule has 2 fully saturated rings. The van der Waals surface area contributed by atoms with Crippen LogP contribution in [0.3, 0.4) is 0 Å². The van der Waals surface area contributed by atoms with E-state index in [4.69, 9.17) is 14.2 Å². The lowest BCUT2D eigenvalue weighted by Gasteiger charge is -2.27. The van der Waals surface area contributed by atoms with Crippen molar-refractivity contribution in [2.24, 2.45) is 0 Å². The SMILES string of the molecule is COc1ccc(C[C@H](NC(=O)[C@H]2COCCN2)C(=O)N[C@@H](Cc2ccccc2)C(=O)[C@@]2(C)CO2)cc1. The van der Waals surface area contributed by atoms with Crippen molar-refractivity contribution in [3.63, 3.8) is 0 Å².